The summed E-state index contributed by atoms with van der Waals surface area (Å²) in [5.41, 5.74) is 4.09. The molecule has 1 N–H and O–H groups in total. The van der Waals surface area contributed by atoms with E-state index < -0.39 is 0 Å². The highest BCUT2D eigenvalue weighted by molar-refractivity contribution is 7.71. The van der Waals surface area contributed by atoms with Crippen molar-refractivity contribution >= 4 is 34.9 Å². The van der Waals surface area contributed by atoms with E-state index in [2.05, 4.69) is 11.1 Å². The van der Waals surface area contributed by atoms with Crippen molar-refractivity contribution in [2.75, 3.05) is 0 Å². The third-order valence-corrected chi connectivity index (χ3v) is 3.77. The van der Waals surface area contributed by atoms with Gasteiger partial charge in [-0.3, -0.25) is 4.57 Å². The molecule has 98 valence electrons. The monoisotopic (exact) mass is 299 g/mol. The van der Waals surface area contributed by atoms with Crippen molar-refractivity contribution in [3.63, 3.8) is 0 Å². The summed E-state index contributed by atoms with van der Waals surface area (Å²) in [5.74, 6) is 0. The minimum absolute atomic E-state index is 0.546. The highest BCUT2D eigenvalue weighted by Gasteiger charge is 2.12. The molecule has 3 aromatic rings. The number of aromatic amines is 1. The van der Waals surface area contributed by atoms with E-state index in [1.165, 1.54) is 0 Å². The second-order valence-electron chi connectivity index (χ2n) is 4.51. The van der Waals surface area contributed by atoms with Gasteiger partial charge >= 0.3 is 0 Å². The molecule has 0 saturated heterocycles. The lowest BCUT2D eigenvalue weighted by molar-refractivity contribution is 1.05. The maximum Gasteiger partial charge on any atom is 0.182 e. The molecule has 0 unspecified atom stereocenters. The van der Waals surface area contributed by atoms with Crippen LogP contribution >= 0.6 is 23.8 Å². The van der Waals surface area contributed by atoms with Gasteiger partial charge in [-0.05, 0) is 49.0 Å². The predicted molar refractivity (Wildman–Crippen MR) is 82.9 cm³/mol. The molecule has 0 aliphatic heterocycles. The molecule has 20 heavy (non-hydrogen) atoms. The number of H-pyrrole nitrogens is 1. The van der Waals surface area contributed by atoms with Crippen molar-refractivity contribution in [1.29, 1.82) is 5.26 Å². The molecule has 0 spiro atoms. The molecule has 0 aliphatic carbocycles. The Kier molecular flexibility index (Phi) is 3.09. The van der Waals surface area contributed by atoms with E-state index in [-0.39, 0.29) is 0 Å². The molecule has 0 radical (unpaired) electrons. The van der Waals surface area contributed by atoms with Gasteiger partial charge in [-0.1, -0.05) is 23.7 Å². The summed E-state index contributed by atoms with van der Waals surface area (Å²) < 4.78 is 2.41. The molecule has 1 aromatic heterocycles. The second-order valence-corrected chi connectivity index (χ2v) is 5.33. The summed E-state index contributed by atoms with van der Waals surface area (Å²) in [6.45, 7) is 1.91. The first-order chi connectivity index (χ1) is 9.61. The molecule has 0 aliphatic rings. The van der Waals surface area contributed by atoms with Crippen LogP contribution in [0.4, 0.5) is 0 Å². The van der Waals surface area contributed by atoms with Crippen LogP contribution in [0.3, 0.4) is 0 Å². The number of hydrogen-bond acceptors (Lipinski definition) is 2. The van der Waals surface area contributed by atoms with Gasteiger partial charge < -0.3 is 4.98 Å². The van der Waals surface area contributed by atoms with Crippen LogP contribution in [0, 0.1) is 23.0 Å². The summed E-state index contributed by atoms with van der Waals surface area (Å²) in [4.78, 5) is 3.12. The van der Waals surface area contributed by atoms with Crippen molar-refractivity contribution in [3.05, 3.63) is 57.3 Å². The topological polar surface area (TPSA) is 44.5 Å². The number of rotatable bonds is 1. The lowest BCUT2D eigenvalue weighted by Gasteiger charge is -2.08. The zero-order chi connectivity index (χ0) is 14.3. The lowest BCUT2D eigenvalue weighted by Crippen LogP contribution is -1.99. The normalized spacial score (nSPS) is 10.7. The fourth-order valence-corrected chi connectivity index (χ4v) is 2.79. The summed E-state index contributed by atoms with van der Waals surface area (Å²) >= 11 is 11.4. The summed E-state index contributed by atoms with van der Waals surface area (Å²) in [5, 5.41) is 10.0. The molecule has 3 rings (SSSR count). The van der Waals surface area contributed by atoms with Gasteiger partial charge in [0, 0.05) is 5.02 Å². The number of nitriles is 1. The fourth-order valence-electron chi connectivity index (χ4n) is 2.31. The third kappa shape index (κ3) is 1.92. The average molecular weight is 300 g/mol. The van der Waals surface area contributed by atoms with Crippen LogP contribution in [0.1, 0.15) is 11.1 Å². The minimum atomic E-state index is 0.546. The zero-order valence-electron chi connectivity index (χ0n) is 10.6. The Balaban J connectivity index is 2.42. The van der Waals surface area contributed by atoms with Crippen LogP contribution in [0.5, 0.6) is 0 Å². The van der Waals surface area contributed by atoms with E-state index >= 15 is 0 Å². The van der Waals surface area contributed by atoms with Crippen LogP contribution in [-0.4, -0.2) is 9.55 Å². The van der Waals surface area contributed by atoms with Crippen LogP contribution < -0.4 is 0 Å². The predicted octanol–water partition coefficient (Wildman–Crippen LogP) is 4.52. The molecular formula is C15H10ClN3S. The average Bonchev–Trinajstić information content (AvgIpc) is 2.73. The quantitative estimate of drug-likeness (QED) is 0.671. The molecule has 5 heteroatoms. The number of imidazole rings is 1. The van der Waals surface area contributed by atoms with Crippen LogP contribution in [-0.2, 0) is 0 Å². The van der Waals surface area contributed by atoms with Gasteiger partial charge in [-0.25, -0.2) is 0 Å². The number of nitrogens with zero attached hydrogens (tertiary/aromatic N) is 2. The van der Waals surface area contributed by atoms with Crippen LogP contribution in [0.25, 0.3) is 16.7 Å². The van der Waals surface area contributed by atoms with E-state index in [1.54, 1.807) is 0 Å². The third-order valence-electron chi connectivity index (χ3n) is 3.25. The number of fused-ring (bicyclic) bond motifs is 1. The molecule has 0 fully saturated rings. The van der Waals surface area contributed by atoms with Crippen molar-refractivity contribution < 1.29 is 0 Å². The molecule has 0 amide bonds. The fraction of sp³-hybridized carbons (Fsp3) is 0.0667. The lowest BCUT2D eigenvalue weighted by atomic mass is 10.1. The SMILES string of the molecule is Cc1cccc(-n2c(=S)[nH]c3cc(Cl)ccc32)c1C#N. The maximum absolute atomic E-state index is 9.38. The Morgan fingerprint density at radius 1 is 1.30 bits per heavy atom. The molecular weight excluding hydrogens is 290 g/mol. The first-order valence-corrected chi connectivity index (χ1v) is 6.81. The van der Waals surface area contributed by atoms with E-state index in [9.17, 15) is 5.26 Å². The molecule has 0 saturated carbocycles. The second kappa shape index (κ2) is 4.78. The van der Waals surface area contributed by atoms with Gasteiger partial charge in [-0.15, -0.1) is 0 Å². The van der Waals surface area contributed by atoms with Gasteiger partial charge in [0.1, 0.15) is 6.07 Å². The van der Waals surface area contributed by atoms with Gasteiger partial charge in [0.15, 0.2) is 4.77 Å². The van der Waals surface area contributed by atoms with E-state index in [4.69, 9.17) is 23.8 Å². The Hall–Kier alpha value is -2.09. The molecule has 3 nitrogen and oxygen atoms in total. The molecule has 0 atom stereocenters. The van der Waals surface area contributed by atoms with Crippen molar-refractivity contribution in [2.24, 2.45) is 0 Å². The molecule has 2 aromatic carbocycles. The van der Waals surface area contributed by atoms with Crippen molar-refractivity contribution in [2.45, 2.75) is 6.92 Å². The summed E-state index contributed by atoms with van der Waals surface area (Å²) in [6.07, 6.45) is 0. The molecule has 1 heterocycles. The highest BCUT2D eigenvalue weighted by atomic mass is 35.5. The van der Waals surface area contributed by atoms with E-state index in [1.807, 2.05) is 47.9 Å². The maximum atomic E-state index is 9.38. The number of nitrogens with one attached hydrogen (secondary N) is 1. The van der Waals surface area contributed by atoms with E-state index in [0.717, 1.165) is 22.3 Å². The van der Waals surface area contributed by atoms with Crippen LogP contribution in [0.15, 0.2) is 36.4 Å². The first kappa shape index (κ1) is 12.9. The van der Waals surface area contributed by atoms with Crippen molar-refractivity contribution in [3.8, 4) is 11.8 Å². The smallest absolute Gasteiger partial charge is 0.182 e. The number of halogens is 1. The van der Waals surface area contributed by atoms with E-state index in [0.29, 0.717) is 15.4 Å². The summed E-state index contributed by atoms with van der Waals surface area (Å²) in [6, 6.07) is 13.5. The van der Waals surface area contributed by atoms with Crippen LogP contribution in [0.2, 0.25) is 5.02 Å². The molecule has 0 bridgehead atoms. The number of hydrogen-bond donors (Lipinski definition) is 1. The highest BCUT2D eigenvalue weighted by Crippen LogP contribution is 2.25. The van der Waals surface area contributed by atoms with Crippen molar-refractivity contribution in [1.82, 2.24) is 9.55 Å². The Labute approximate surface area is 126 Å². The number of aromatic nitrogens is 2. The van der Waals surface area contributed by atoms with Gasteiger partial charge in [0.2, 0.25) is 0 Å². The van der Waals surface area contributed by atoms with Gasteiger partial charge in [0.25, 0.3) is 0 Å². The van der Waals surface area contributed by atoms with Gasteiger partial charge in [0.05, 0.1) is 22.3 Å². The number of aryl methyl sites for hydroxylation is 1. The standard InChI is InChI=1S/C15H10ClN3S/c1-9-3-2-4-13(11(9)8-17)19-14-6-5-10(16)7-12(14)18-15(19)20/h2-7H,1H3,(H,18,20). The van der Waals surface area contributed by atoms with Gasteiger partial charge in [-0.2, -0.15) is 5.26 Å². The largest absolute Gasteiger partial charge is 0.330 e. The summed E-state index contributed by atoms with van der Waals surface area (Å²) in [7, 11) is 0. The Morgan fingerprint density at radius 3 is 2.85 bits per heavy atom. The first-order valence-electron chi connectivity index (χ1n) is 6.02. The number of benzene rings is 2. The minimum Gasteiger partial charge on any atom is -0.330 e. The zero-order valence-corrected chi connectivity index (χ0v) is 12.2. The Bertz CT molecular complexity index is 915. The Morgan fingerprint density at radius 2 is 2.10 bits per heavy atom.